The van der Waals surface area contributed by atoms with E-state index in [0.29, 0.717) is 11.7 Å². The Morgan fingerprint density at radius 2 is 2.13 bits per heavy atom. The molecule has 4 rings (SSSR count). The fraction of sp³-hybridized carbons (Fsp3) is 0.409. The van der Waals surface area contributed by atoms with Gasteiger partial charge < -0.3 is 14.5 Å². The molecule has 3 heterocycles. The molecule has 1 saturated heterocycles. The number of carbonyl (C=O) groups is 1. The number of aryl methyl sites for hydroxylation is 2. The standard InChI is InChI=1S/C22H26N4O3S/c1-14-6-4-8-19(15(14)2)23-20(27)13-30-22-25-24-21(18-9-11-28-16(18)3)26(22)12-17-7-5-10-29-17/h4,6,8-9,11,17H,5,7,10,12-13H2,1-3H3,(H,23,27). The second-order valence-electron chi connectivity index (χ2n) is 7.53. The van der Waals surface area contributed by atoms with Crippen LogP contribution in [0.15, 0.2) is 40.1 Å². The van der Waals surface area contributed by atoms with Crippen LogP contribution in [0.3, 0.4) is 0 Å². The number of ether oxygens (including phenoxy) is 1. The Bertz CT molecular complexity index is 1040. The minimum absolute atomic E-state index is 0.0681. The van der Waals surface area contributed by atoms with Gasteiger partial charge in [-0.3, -0.25) is 9.36 Å². The molecule has 0 bridgehead atoms. The fourth-order valence-corrected chi connectivity index (χ4v) is 4.32. The van der Waals surface area contributed by atoms with E-state index in [1.807, 2.05) is 49.6 Å². The number of benzene rings is 1. The normalized spacial score (nSPS) is 16.2. The molecule has 2 aromatic heterocycles. The Balaban J connectivity index is 1.50. The summed E-state index contributed by atoms with van der Waals surface area (Å²) in [5, 5.41) is 12.5. The summed E-state index contributed by atoms with van der Waals surface area (Å²) in [5.74, 6) is 1.72. The van der Waals surface area contributed by atoms with Crippen LogP contribution in [0, 0.1) is 20.8 Å². The summed E-state index contributed by atoms with van der Waals surface area (Å²) < 4.78 is 13.3. The highest BCUT2D eigenvalue weighted by molar-refractivity contribution is 7.99. The van der Waals surface area contributed by atoms with Gasteiger partial charge in [0.25, 0.3) is 0 Å². The second-order valence-corrected chi connectivity index (χ2v) is 8.47. The summed E-state index contributed by atoms with van der Waals surface area (Å²) in [5.41, 5.74) is 3.98. The summed E-state index contributed by atoms with van der Waals surface area (Å²) in [6, 6.07) is 7.80. The number of carbonyl (C=O) groups excluding carboxylic acids is 1. The molecule has 8 heteroatoms. The molecule has 1 aromatic carbocycles. The van der Waals surface area contributed by atoms with E-state index in [1.165, 1.54) is 11.8 Å². The average Bonchev–Trinajstić information content (AvgIpc) is 3.46. The van der Waals surface area contributed by atoms with Crippen molar-refractivity contribution in [3.63, 3.8) is 0 Å². The molecule has 1 aliphatic rings. The summed E-state index contributed by atoms with van der Waals surface area (Å²) in [6.45, 7) is 7.40. The van der Waals surface area contributed by atoms with Crippen LogP contribution >= 0.6 is 11.8 Å². The van der Waals surface area contributed by atoms with Gasteiger partial charge in [-0.15, -0.1) is 10.2 Å². The molecule has 1 amide bonds. The third kappa shape index (κ3) is 4.44. The van der Waals surface area contributed by atoms with Crippen molar-refractivity contribution in [1.82, 2.24) is 14.8 Å². The molecule has 30 heavy (non-hydrogen) atoms. The number of hydrogen-bond acceptors (Lipinski definition) is 6. The molecule has 1 atom stereocenters. The predicted octanol–water partition coefficient (Wildman–Crippen LogP) is 4.37. The molecule has 1 aliphatic heterocycles. The molecule has 3 aromatic rings. The van der Waals surface area contributed by atoms with Crippen LogP contribution in [0.1, 0.15) is 29.7 Å². The van der Waals surface area contributed by atoms with Gasteiger partial charge in [0, 0.05) is 12.3 Å². The molecule has 158 valence electrons. The Morgan fingerprint density at radius 1 is 1.27 bits per heavy atom. The number of rotatable bonds is 7. The highest BCUT2D eigenvalue weighted by Gasteiger charge is 2.23. The lowest BCUT2D eigenvalue weighted by molar-refractivity contribution is -0.113. The molecule has 1 N–H and O–H groups in total. The third-order valence-electron chi connectivity index (χ3n) is 5.44. The fourth-order valence-electron chi connectivity index (χ4n) is 3.57. The summed E-state index contributed by atoms with van der Waals surface area (Å²) in [7, 11) is 0. The Morgan fingerprint density at radius 3 is 2.87 bits per heavy atom. The van der Waals surface area contributed by atoms with Crippen LogP contribution in [0.2, 0.25) is 0 Å². The Labute approximate surface area is 180 Å². The van der Waals surface area contributed by atoms with Crippen LogP contribution in [-0.4, -0.2) is 39.1 Å². The van der Waals surface area contributed by atoms with Gasteiger partial charge in [-0.25, -0.2) is 0 Å². The molecular weight excluding hydrogens is 400 g/mol. The van der Waals surface area contributed by atoms with E-state index in [1.54, 1.807) is 6.26 Å². The van der Waals surface area contributed by atoms with E-state index < -0.39 is 0 Å². The number of furan rings is 1. The predicted molar refractivity (Wildman–Crippen MR) is 117 cm³/mol. The molecule has 7 nitrogen and oxygen atoms in total. The number of anilines is 1. The van der Waals surface area contributed by atoms with Crippen LogP contribution in [0.4, 0.5) is 5.69 Å². The van der Waals surface area contributed by atoms with Gasteiger partial charge in [0.2, 0.25) is 5.91 Å². The topological polar surface area (TPSA) is 82.2 Å². The highest BCUT2D eigenvalue weighted by atomic mass is 32.2. The lowest BCUT2D eigenvalue weighted by Gasteiger charge is -2.14. The van der Waals surface area contributed by atoms with E-state index in [4.69, 9.17) is 9.15 Å². The lowest BCUT2D eigenvalue weighted by atomic mass is 10.1. The van der Waals surface area contributed by atoms with E-state index in [-0.39, 0.29) is 17.8 Å². The Hall–Kier alpha value is -2.58. The van der Waals surface area contributed by atoms with E-state index in [9.17, 15) is 4.79 Å². The molecule has 0 aliphatic carbocycles. The van der Waals surface area contributed by atoms with Gasteiger partial charge in [0.1, 0.15) is 5.76 Å². The van der Waals surface area contributed by atoms with Crippen LogP contribution in [0.25, 0.3) is 11.4 Å². The van der Waals surface area contributed by atoms with Gasteiger partial charge in [-0.2, -0.15) is 0 Å². The average molecular weight is 427 g/mol. The van der Waals surface area contributed by atoms with E-state index in [2.05, 4.69) is 15.5 Å². The number of amides is 1. The molecule has 0 radical (unpaired) electrons. The SMILES string of the molecule is Cc1cccc(NC(=O)CSc2nnc(-c3ccoc3C)n2CC2CCCO2)c1C. The monoisotopic (exact) mass is 426 g/mol. The highest BCUT2D eigenvalue weighted by Crippen LogP contribution is 2.29. The number of nitrogens with one attached hydrogen (secondary N) is 1. The second kappa shape index (κ2) is 9.06. The minimum Gasteiger partial charge on any atom is -0.469 e. The largest absolute Gasteiger partial charge is 0.469 e. The first-order valence-electron chi connectivity index (χ1n) is 10.1. The number of hydrogen-bond donors (Lipinski definition) is 1. The van der Waals surface area contributed by atoms with Gasteiger partial charge in [0.15, 0.2) is 11.0 Å². The van der Waals surface area contributed by atoms with Crippen LogP contribution < -0.4 is 5.32 Å². The molecule has 0 spiro atoms. The van der Waals surface area contributed by atoms with Crippen molar-refractivity contribution in [3.8, 4) is 11.4 Å². The lowest BCUT2D eigenvalue weighted by Crippen LogP contribution is -2.18. The van der Waals surface area contributed by atoms with Crippen molar-refractivity contribution in [3.05, 3.63) is 47.4 Å². The summed E-state index contributed by atoms with van der Waals surface area (Å²) in [4.78, 5) is 12.6. The molecular formula is C22H26N4O3S. The molecule has 0 saturated carbocycles. The number of aromatic nitrogens is 3. The quantitative estimate of drug-likeness (QED) is 0.565. The van der Waals surface area contributed by atoms with Gasteiger partial charge in [0.05, 0.1) is 30.2 Å². The zero-order valence-corrected chi connectivity index (χ0v) is 18.3. The molecule has 1 unspecified atom stereocenters. The van der Waals surface area contributed by atoms with Crippen molar-refractivity contribution in [1.29, 1.82) is 0 Å². The van der Waals surface area contributed by atoms with Crippen molar-refractivity contribution in [2.24, 2.45) is 0 Å². The van der Waals surface area contributed by atoms with Crippen molar-refractivity contribution in [2.75, 3.05) is 17.7 Å². The number of thioether (sulfide) groups is 1. The number of nitrogens with zero attached hydrogens (tertiary/aromatic N) is 3. The van der Waals surface area contributed by atoms with Gasteiger partial charge in [-0.05, 0) is 56.9 Å². The summed E-state index contributed by atoms with van der Waals surface area (Å²) in [6.07, 6.45) is 3.86. The van der Waals surface area contributed by atoms with Crippen LogP contribution in [-0.2, 0) is 16.1 Å². The maximum Gasteiger partial charge on any atom is 0.234 e. The van der Waals surface area contributed by atoms with Crippen molar-refractivity contribution in [2.45, 2.75) is 51.4 Å². The van der Waals surface area contributed by atoms with Gasteiger partial charge in [-0.1, -0.05) is 23.9 Å². The summed E-state index contributed by atoms with van der Waals surface area (Å²) >= 11 is 1.38. The zero-order valence-electron chi connectivity index (χ0n) is 17.5. The maximum atomic E-state index is 12.6. The van der Waals surface area contributed by atoms with Gasteiger partial charge >= 0.3 is 0 Å². The first kappa shape index (κ1) is 20.7. The van der Waals surface area contributed by atoms with Crippen molar-refractivity contribution >= 4 is 23.4 Å². The smallest absolute Gasteiger partial charge is 0.234 e. The van der Waals surface area contributed by atoms with Crippen LogP contribution in [0.5, 0.6) is 0 Å². The maximum absolute atomic E-state index is 12.6. The van der Waals surface area contributed by atoms with E-state index >= 15 is 0 Å². The first-order valence-corrected chi connectivity index (χ1v) is 11.1. The zero-order chi connectivity index (χ0) is 21.1. The Kier molecular flexibility index (Phi) is 6.24. The first-order chi connectivity index (χ1) is 14.5. The minimum atomic E-state index is -0.0681. The van der Waals surface area contributed by atoms with Crippen molar-refractivity contribution < 1.29 is 13.9 Å². The molecule has 1 fully saturated rings. The van der Waals surface area contributed by atoms with E-state index in [0.717, 1.165) is 53.4 Å². The third-order valence-corrected chi connectivity index (χ3v) is 6.40.